The van der Waals surface area contributed by atoms with Gasteiger partial charge in [0.15, 0.2) is 6.04 Å². The largest absolute Gasteiger partial charge is 0.455 e. The molecule has 19 heavy (non-hydrogen) atoms. The highest BCUT2D eigenvalue weighted by molar-refractivity contribution is 5.39. The summed E-state index contributed by atoms with van der Waals surface area (Å²) >= 11 is 0. The van der Waals surface area contributed by atoms with Crippen LogP contribution in [0, 0.1) is 18.3 Å². The Hall–Kier alpha value is -1.28. The Kier molecular flexibility index (Phi) is 4.46. The molecule has 0 heterocycles. The minimum absolute atomic E-state index is 0.428. The van der Waals surface area contributed by atoms with Gasteiger partial charge in [0.25, 0.3) is 0 Å². The SMILES string of the molecule is [NH][C]([C](F)[C]([O])c1ccccc1)C(F)(F)C(F)(F)F. The first-order chi connectivity index (χ1) is 8.59. The maximum Gasteiger partial charge on any atom is 0.455 e. The van der Waals surface area contributed by atoms with Crippen molar-refractivity contribution in [3.63, 3.8) is 0 Å². The van der Waals surface area contributed by atoms with Crippen molar-refractivity contribution in [2.75, 3.05) is 0 Å². The third-order valence-electron chi connectivity index (χ3n) is 2.12. The Morgan fingerprint density at radius 3 is 1.89 bits per heavy atom. The molecule has 1 aromatic rings. The van der Waals surface area contributed by atoms with Crippen LogP contribution in [0.15, 0.2) is 30.3 Å². The van der Waals surface area contributed by atoms with Crippen molar-refractivity contribution in [2.24, 2.45) is 0 Å². The van der Waals surface area contributed by atoms with Crippen LogP contribution in [0.25, 0.3) is 0 Å². The molecule has 5 radical (unpaired) electrons. The first kappa shape index (κ1) is 15.8. The lowest BCUT2D eigenvalue weighted by Crippen LogP contribution is -2.45. The highest BCUT2D eigenvalue weighted by Crippen LogP contribution is 2.47. The molecule has 2 nitrogen and oxygen atoms in total. The van der Waals surface area contributed by atoms with Gasteiger partial charge in [0, 0.05) is 0 Å². The number of hydrogen-bond donors (Lipinski definition) is 0. The van der Waals surface area contributed by atoms with Gasteiger partial charge in [-0.25, -0.2) is 15.2 Å². The number of benzene rings is 1. The number of alkyl halides is 5. The molecule has 0 aromatic heterocycles. The lowest BCUT2D eigenvalue weighted by Gasteiger charge is -2.26. The average Bonchev–Trinajstić information content (AvgIpc) is 2.35. The summed E-state index contributed by atoms with van der Waals surface area (Å²) in [5, 5.41) is 11.3. The van der Waals surface area contributed by atoms with Crippen molar-refractivity contribution < 1.29 is 31.4 Å². The molecule has 0 aliphatic rings. The molecule has 1 N–H and O–H groups in total. The normalized spacial score (nSPS) is 13.6. The van der Waals surface area contributed by atoms with Crippen molar-refractivity contribution in [1.82, 2.24) is 5.73 Å². The molecule has 8 heteroatoms. The monoisotopic (exact) mass is 282 g/mol. The number of rotatable bonds is 4. The van der Waals surface area contributed by atoms with Gasteiger partial charge in [0.2, 0.25) is 12.3 Å². The molecular formula is C11H6F6NO. The third kappa shape index (κ3) is 3.19. The Balaban J connectivity index is 2.92. The molecule has 0 unspecified atom stereocenters. The van der Waals surface area contributed by atoms with Crippen LogP contribution in [0.2, 0.25) is 0 Å². The van der Waals surface area contributed by atoms with Crippen molar-refractivity contribution in [1.29, 1.82) is 0 Å². The Morgan fingerprint density at radius 1 is 1.00 bits per heavy atom. The van der Waals surface area contributed by atoms with Crippen LogP contribution in [0.4, 0.5) is 26.3 Å². The van der Waals surface area contributed by atoms with E-state index in [2.05, 4.69) is 0 Å². The topological polar surface area (TPSA) is 43.7 Å². The third-order valence-corrected chi connectivity index (χ3v) is 2.12. The zero-order valence-corrected chi connectivity index (χ0v) is 9.06. The van der Waals surface area contributed by atoms with Gasteiger partial charge < -0.3 is 0 Å². The molecule has 0 saturated heterocycles. The van der Waals surface area contributed by atoms with Crippen molar-refractivity contribution in [3.8, 4) is 0 Å². The standard InChI is InChI=1S/C11H6F6NO/c12-7(8(19)6-4-2-1-3-5-6)9(18)10(13,14)11(15,16)17/h1-5,18H. The number of nitrogens with one attached hydrogen (secondary N) is 1. The zero-order valence-electron chi connectivity index (χ0n) is 9.06. The van der Waals surface area contributed by atoms with Crippen molar-refractivity contribution >= 4 is 0 Å². The van der Waals surface area contributed by atoms with Gasteiger partial charge >= 0.3 is 12.1 Å². The second-order valence-corrected chi connectivity index (χ2v) is 3.46. The molecule has 1 rings (SSSR count). The van der Waals surface area contributed by atoms with E-state index in [-0.39, 0.29) is 0 Å². The van der Waals surface area contributed by atoms with E-state index in [1.165, 1.54) is 18.2 Å². The molecule has 0 saturated carbocycles. The van der Waals surface area contributed by atoms with Crippen LogP contribution in [-0.4, -0.2) is 12.1 Å². The molecule has 0 spiro atoms. The highest BCUT2D eigenvalue weighted by Gasteiger charge is 2.66. The Bertz CT molecular complexity index is 407. The van der Waals surface area contributed by atoms with Crippen LogP contribution in [-0.2, 0) is 5.11 Å². The summed E-state index contributed by atoms with van der Waals surface area (Å²) in [6.07, 6.45) is -10.3. The minimum atomic E-state index is -6.14. The summed E-state index contributed by atoms with van der Waals surface area (Å²) in [5.41, 5.74) is 6.10. The van der Waals surface area contributed by atoms with Crippen LogP contribution in [0.1, 0.15) is 5.56 Å². The lowest BCUT2D eigenvalue weighted by molar-refractivity contribution is -0.275. The van der Waals surface area contributed by atoms with Gasteiger partial charge in [-0.1, -0.05) is 30.3 Å². The van der Waals surface area contributed by atoms with Crippen molar-refractivity contribution in [2.45, 2.75) is 12.1 Å². The smallest absolute Gasteiger partial charge is 0.239 e. The fraction of sp³-hybridized carbons (Fsp3) is 0.182. The molecule has 0 atom stereocenters. The van der Waals surface area contributed by atoms with Crippen LogP contribution >= 0.6 is 0 Å². The van der Waals surface area contributed by atoms with E-state index in [0.29, 0.717) is 0 Å². The number of halogens is 6. The first-order valence-electron chi connectivity index (χ1n) is 4.75. The van der Waals surface area contributed by atoms with Crippen LogP contribution in [0.3, 0.4) is 0 Å². The molecule has 0 bridgehead atoms. The summed E-state index contributed by atoms with van der Waals surface area (Å²) in [6.45, 7) is 0. The predicted octanol–water partition coefficient (Wildman–Crippen LogP) is 3.51. The molecule has 0 amide bonds. The lowest BCUT2D eigenvalue weighted by atomic mass is 9.96. The van der Waals surface area contributed by atoms with Gasteiger partial charge in [0.1, 0.15) is 0 Å². The average molecular weight is 282 g/mol. The van der Waals surface area contributed by atoms with E-state index in [1.807, 2.05) is 0 Å². The van der Waals surface area contributed by atoms with Crippen molar-refractivity contribution in [3.05, 3.63) is 54.2 Å². The quantitative estimate of drug-likeness (QED) is 0.758. The van der Waals surface area contributed by atoms with Gasteiger partial charge in [-0.3, -0.25) is 0 Å². The minimum Gasteiger partial charge on any atom is -0.239 e. The molecule has 103 valence electrons. The number of hydrogen-bond acceptors (Lipinski definition) is 0. The van der Waals surface area contributed by atoms with Gasteiger partial charge in [0.05, 0.1) is 0 Å². The van der Waals surface area contributed by atoms with E-state index >= 15 is 0 Å². The first-order valence-corrected chi connectivity index (χ1v) is 4.75. The van der Waals surface area contributed by atoms with Gasteiger partial charge in [-0.2, -0.15) is 22.0 Å². The molecular weight excluding hydrogens is 276 g/mol. The van der Waals surface area contributed by atoms with Crippen LogP contribution in [0.5, 0.6) is 0 Å². The fourth-order valence-corrected chi connectivity index (χ4v) is 1.11. The summed E-state index contributed by atoms with van der Waals surface area (Å²) in [6, 6.07) is 3.33. The highest BCUT2D eigenvalue weighted by atomic mass is 19.4. The molecule has 0 aliphatic carbocycles. The maximum atomic E-state index is 13.3. The van der Waals surface area contributed by atoms with Gasteiger partial charge in [-0.05, 0) is 5.56 Å². The Labute approximate surface area is 104 Å². The van der Waals surface area contributed by atoms with E-state index in [9.17, 15) is 31.4 Å². The molecule has 0 aliphatic heterocycles. The summed E-state index contributed by atoms with van der Waals surface area (Å²) in [5.74, 6) is -5.72. The molecule has 1 aromatic carbocycles. The zero-order chi connectivity index (χ0) is 14.8. The summed E-state index contributed by atoms with van der Waals surface area (Å²) in [7, 11) is 0. The Morgan fingerprint density at radius 2 is 1.47 bits per heavy atom. The summed E-state index contributed by atoms with van der Waals surface area (Å²) in [4.78, 5) is 0. The van der Waals surface area contributed by atoms with E-state index in [1.54, 1.807) is 0 Å². The van der Waals surface area contributed by atoms with Crippen LogP contribution < -0.4 is 5.73 Å². The fourth-order valence-electron chi connectivity index (χ4n) is 1.11. The second-order valence-electron chi connectivity index (χ2n) is 3.46. The maximum absolute atomic E-state index is 13.3. The van der Waals surface area contributed by atoms with E-state index < -0.39 is 36.0 Å². The molecule has 0 fully saturated rings. The summed E-state index contributed by atoms with van der Waals surface area (Å²) < 4.78 is 74.4. The second kappa shape index (κ2) is 5.38. The predicted molar refractivity (Wildman–Crippen MR) is 51.2 cm³/mol. The van der Waals surface area contributed by atoms with E-state index in [0.717, 1.165) is 12.1 Å². The van der Waals surface area contributed by atoms with E-state index in [4.69, 9.17) is 5.73 Å². The van der Waals surface area contributed by atoms with Gasteiger partial charge in [-0.15, -0.1) is 0 Å².